The second-order valence-corrected chi connectivity index (χ2v) is 19.5. The van der Waals surface area contributed by atoms with Crippen molar-refractivity contribution in [1.29, 1.82) is 0 Å². The Balaban J connectivity index is 0.000000182. The van der Waals surface area contributed by atoms with E-state index < -0.39 is 6.15 Å². The van der Waals surface area contributed by atoms with Crippen LogP contribution in [0, 0.1) is 13.8 Å². The van der Waals surface area contributed by atoms with Crippen molar-refractivity contribution >= 4 is 50.7 Å². The second kappa shape index (κ2) is 20.6. The minimum absolute atomic E-state index is 0.189. The van der Waals surface area contributed by atoms with Crippen LogP contribution < -0.4 is 21.9 Å². The van der Waals surface area contributed by atoms with Gasteiger partial charge in [-0.15, -0.1) is 0 Å². The molecular weight excluding hydrogens is 820 g/mol. The van der Waals surface area contributed by atoms with Gasteiger partial charge in [0.1, 0.15) is 6.15 Å². The van der Waals surface area contributed by atoms with Gasteiger partial charge in [0.25, 0.3) is 0 Å². The number of benzene rings is 10. The molecule has 65 heavy (non-hydrogen) atoms. The molecule has 0 radical (unpaired) electrons. The van der Waals surface area contributed by atoms with Crippen LogP contribution in [0.15, 0.2) is 297 Å². The first kappa shape index (κ1) is 43.2. The lowest BCUT2D eigenvalue weighted by atomic mass is 9.13. The number of aryl methyl sites for hydroxylation is 2. The summed E-state index contributed by atoms with van der Waals surface area (Å²) in [6, 6.07) is 98.6. The van der Waals surface area contributed by atoms with Crippen LogP contribution in [0.5, 0.6) is 0 Å². The van der Waals surface area contributed by atoms with E-state index in [2.05, 4.69) is 287 Å². The molecule has 314 valence electrons. The Labute approximate surface area is 393 Å². The average Bonchev–Trinajstić information content (AvgIpc) is 3.38. The van der Waals surface area contributed by atoms with E-state index >= 15 is 0 Å². The fourth-order valence-electron chi connectivity index (χ4n) is 9.05. The zero-order valence-corrected chi connectivity index (χ0v) is 38.5. The molecule has 0 aliphatic rings. The third kappa shape index (κ3) is 9.73. The first-order chi connectivity index (χ1) is 32.1. The molecule has 0 spiro atoms. The highest BCUT2D eigenvalue weighted by Crippen LogP contribution is 2.38. The van der Waals surface area contributed by atoms with Gasteiger partial charge in [-0.25, -0.2) is 0 Å². The van der Waals surface area contributed by atoms with E-state index in [0.29, 0.717) is 0 Å². The van der Waals surface area contributed by atoms with E-state index in [-0.39, 0.29) is 10.9 Å². The monoisotopic (exact) mass is 870 g/mol. The van der Waals surface area contributed by atoms with Crippen molar-refractivity contribution in [2.75, 3.05) is 0 Å². The summed E-state index contributed by atoms with van der Waals surface area (Å²) in [4.78, 5) is 6.62. The summed E-state index contributed by atoms with van der Waals surface area (Å²) in [5.74, 6) is 0. The van der Waals surface area contributed by atoms with Gasteiger partial charge >= 0.3 is 0 Å². The van der Waals surface area contributed by atoms with Crippen molar-refractivity contribution in [3.05, 3.63) is 284 Å². The van der Waals surface area contributed by atoms with Crippen LogP contribution in [0.25, 0.3) is 22.3 Å². The van der Waals surface area contributed by atoms with Gasteiger partial charge in [-0.2, -0.15) is 21.9 Å². The van der Waals surface area contributed by atoms with Gasteiger partial charge in [0, 0.05) is 15.4 Å². The molecule has 1 unspecified atom stereocenters. The standard InChI is InChI=1S/C38H31S2.C24H20B/c1-28-11-9-10-16-38(28)40(35-23-19-33(20-24-35)31-14-7-4-8-15-31)36-25-26-37(29(2)27-36)39-34-21-17-32(18-22-34)30-12-5-3-6-13-30;1-5-13-21(14-6-1)25(22-15-7-2-8-16-22,23-17-9-3-10-18-23)24-19-11-4-12-20-24/h3-27H,1-2H3;1-20H/q+1;-1. The van der Waals surface area contributed by atoms with Gasteiger partial charge in [-0.3, -0.25) is 0 Å². The Kier molecular flexibility index (Phi) is 13.7. The van der Waals surface area contributed by atoms with Crippen molar-refractivity contribution in [3.63, 3.8) is 0 Å². The first-order valence-electron chi connectivity index (χ1n) is 22.3. The van der Waals surface area contributed by atoms with Crippen LogP contribution in [0.2, 0.25) is 0 Å². The summed E-state index contributed by atoms with van der Waals surface area (Å²) in [5.41, 5.74) is 13.0. The number of hydrogen-bond donors (Lipinski definition) is 0. The van der Waals surface area contributed by atoms with Crippen molar-refractivity contribution in [2.45, 2.75) is 38.3 Å². The fraction of sp³-hybridized carbons (Fsp3) is 0.0323. The predicted octanol–water partition coefficient (Wildman–Crippen LogP) is 13.9. The van der Waals surface area contributed by atoms with Gasteiger partial charge in [0.15, 0.2) is 14.7 Å². The molecule has 0 saturated carbocycles. The molecular formula is C62H51BS2. The molecule has 10 aromatic rings. The lowest BCUT2D eigenvalue weighted by Gasteiger charge is -2.44. The minimum Gasteiger partial charge on any atom is -0.195 e. The Morgan fingerprint density at radius 3 is 1.08 bits per heavy atom. The van der Waals surface area contributed by atoms with Crippen molar-refractivity contribution < 1.29 is 0 Å². The van der Waals surface area contributed by atoms with E-state index in [1.807, 2.05) is 11.8 Å². The molecule has 3 heteroatoms. The predicted molar refractivity (Wildman–Crippen MR) is 282 cm³/mol. The summed E-state index contributed by atoms with van der Waals surface area (Å²) in [5, 5.41) is 0. The maximum Gasteiger partial charge on any atom is 0.169 e. The van der Waals surface area contributed by atoms with E-state index in [0.717, 1.165) is 0 Å². The van der Waals surface area contributed by atoms with Crippen LogP contribution in [-0.2, 0) is 10.9 Å². The lowest BCUT2D eigenvalue weighted by molar-refractivity contribution is 1.20. The largest absolute Gasteiger partial charge is 0.195 e. The molecule has 0 aliphatic heterocycles. The quantitative estimate of drug-likeness (QED) is 0.0922. The van der Waals surface area contributed by atoms with Crippen LogP contribution in [0.3, 0.4) is 0 Å². The molecule has 0 nitrogen and oxygen atoms in total. The van der Waals surface area contributed by atoms with Crippen molar-refractivity contribution in [2.24, 2.45) is 0 Å². The zero-order chi connectivity index (χ0) is 44.3. The lowest BCUT2D eigenvalue weighted by Crippen LogP contribution is -2.74. The number of hydrogen-bond acceptors (Lipinski definition) is 1. The summed E-state index contributed by atoms with van der Waals surface area (Å²) in [6.45, 7) is 4.46. The Morgan fingerprint density at radius 2 is 0.662 bits per heavy atom. The molecule has 1 atom stereocenters. The fourth-order valence-corrected chi connectivity index (χ4v) is 12.2. The Bertz CT molecular complexity index is 2870. The Morgan fingerprint density at radius 1 is 0.308 bits per heavy atom. The van der Waals surface area contributed by atoms with Gasteiger partial charge in [0.05, 0.1) is 10.9 Å². The van der Waals surface area contributed by atoms with Crippen LogP contribution in [0.1, 0.15) is 11.1 Å². The summed E-state index contributed by atoms with van der Waals surface area (Å²) >= 11 is 1.84. The summed E-state index contributed by atoms with van der Waals surface area (Å²) in [6.07, 6.45) is -1.22. The average molecular weight is 871 g/mol. The van der Waals surface area contributed by atoms with Crippen LogP contribution in [0.4, 0.5) is 0 Å². The third-order valence-electron chi connectivity index (χ3n) is 12.3. The molecule has 0 N–H and O–H groups in total. The summed E-state index contributed by atoms with van der Waals surface area (Å²) in [7, 11) is -0.189. The highest BCUT2D eigenvalue weighted by Gasteiger charge is 2.32. The molecule has 0 amide bonds. The normalized spacial score (nSPS) is 11.5. The van der Waals surface area contributed by atoms with Gasteiger partial charge < -0.3 is 0 Å². The topological polar surface area (TPSA) is 0 Å². The number of rotatable bonds is 11. The first-order valence-corrected chi connectivity index (χ1v) is 24.4. The van der Waals surface area contributed by atoms with Gasteiger partial charge in [-0.05, 0) is 102 Å². The highest BCUT2D eigenvalue weighted by molar-refractivity contribution is 7.99. The molecule has 10 rings (SSSR count). The summed E-state index contributed by atoms with van der Waals surface area (Å²) < 4.78 is 0. The molecule has 10 aromatic carbocycles. The molecule has 0 fully saturated rings. The molecule has 0 saturated heterocycles. The van der Waals surface area contributed by atoms with Crippen LogP contribution >= 0.6 is 11.8 Å². The minimum atomic E-state index is -1.22. The van der Waals surface area contributed by atoms with Gasteiger partial charge in [0.2, 0.25) is 0 Å². The second-order valence-electron chi connectivity index (χ2n) is 16.4. The van der Waals surface area contributed by atoms with Crippen LogP contribution in [-0.4, -0.2) is 6.15 Å². The smallest absolute Gasteiger partial charge is 0.169 e. The zero-order valence-electron chi connectivity index (χ0n) is 36.9. The molecule has 0 heterocycles. The van der Waals surface area contributed by atoms with E-state index in [4.69, 9.17) is 0 Å². The molecule has 0 bridgehead atoms. The molecule has 0 aromatic heterocycles. The molecule has 0 aliphatic carbocycles. The van der Waals surface area contributed by atoms with Crippen molar-refractivity contribution in [3.8, 4) is 22.3 Å². The maximum atomic E-state index is 2.39. The van der Waals surface area contributed by atoms with E-state index in [9.17, 15) is 0 Å². The highest BCUT2D eigenvalue weighted by atomic mass is 32.2. The van der Waals surface area contributed by atoms with E-state index in [1.165, 1.54) is 79.7 Å². The van der Waals surface area contributed by atoms with E-state index in [1.54, 1.807) is 0 Å². The van der Waals surface area contributed by atoms with Gasteiger partial charge in [-0.1, -0.05) is 224 Å². The Hall–Kier alpha value is -7.04. The SMILES string of the molecule is Cc1cc([S+](c2ccc(-c3ccccc3)cc2)c2ccccc2C)ccc1Sc1ccc(-c2ccccc2)cc1.c1ccc([B-](c2ccccc2)(c2ccccc2)c2ccccc2)cc1. The third-order valence-corrected chi connectivity index (χ3v) is 15.8. The van der Waals surface area contributed by atoms with Crippen molar-refractivity contribution in [1.82, 2.24) is 0 Å². The maximum absolute atomic E-state index is 2.39.